The van der Waals surface area contributed by atoms with Crippen LogP contribution in [0, 0.1) is 12.3 Å². The van der Waals surface area contributed by atoms with Crippen LogP contribution in [0.3, 0.4) is 0 Å². The maximum atomic E-state index is 4.06. The van der Waals surface area contributed by atoms with E-state index in [2.05, 4.69) is 45.4 Å². The third kappa shape index (κ3) is 10.7. The van der Waals surface area contributed by atoms with Gasteiger partial charge in [-0.15, -0.1) is 13.2 Å². The number of hydrogen-bond donors (Lipinski definition) is 0. The summed E-state index contributed by atoms with van der Waals surface area (Å²) in [6.45, 7) is 19.3. The molecule has 0 rings (SSSR count). The van der Waals surface area contributed by atoms with Gasteiger partial charge in [-0.05, 0) is 37.8 Å². The van der Waals surface area contributed by atoms with E-state index in [1.165, 1.54) is 17.1 Å². The van der Waals surface area contributed by atoms with E-state index in [0.717, 1.165) is 44.9 Å². The summed E-state index contributed by atoms with van der Waals surface area (Å²) in [6, 6.07) is 0. The number of allylic oxidation sites excluding steroid dienone is 7. The van der Waals surface area contributed by atoms with Gasteiger partial charge in [-0.2, -0.15) is 6.42 Å². The molecule has 0 unspecified atom stereocenters. The van der Waals surface area contributed by atoms with Gasteiger partial charge in [-0.25, -0.2) is 0 Å². The molecule has 0 aliphatic carbocycles. The molecule has 0 saturated heterocycles. The first-order valence-electron chi connectivity index (χ1n) is 7.61. The quantitative estimate of drug-likeness (QED) is 0.245. The van der Waals surface area contributed by atoms with Gasteiger partial charge < -0.3 is 0 Å². The summed E-state index contributed by atoms with van der Waals surface area (Å²) < 4.78 is 0. The molecule has 0 saturated carbocycles. The van der Waals surface area contributed by atoms with Gasteiger partial charge in [0, 0.05) is 0 Å². The van der Waals surface area contributed by atoms with Crippen LogP contribution in [-0.2, 0) is 0 Å². The van der Waals surface area contributed by atoms with Crippen molar-refractivity contribution >= 4 is 0 Å². The Balaban J connectivity index is 4.29. The van der Waals surface area contributed by atoms with Gasteiger partial charge in [0.05, 0.1) is 5.92 Å². The minimum atomic E-state index is 0.887. The van der Waals surface area contributed by atoms with Crippen LogP contribution in [0.5, 0.6) is 0 Å². The average molecular weight is 282 g/mol. The molecule has 0 bridgehead atoms. The smallest absolute Gasteiger partial charge is 0.105 e. The topological polar surface area (TPSA) is 0 Å². The van der Waals surface area contributed by atoms with Crippen LogP contribution in [-0.4, -0.2) is 0 Å². The van der Waals surface area contributed by atoms with Crippen LogP contribution in [0.25, 0.3) is 0 Å². The summed E-state index contributed by atoms with van der Waals surface area (Å²) >= 11 is 0. The number of hydrogen-bond acceptors (Lipinski definition) is 0. The highest BCUT2D eigenvalue weighted by Crippen LogP contribution is 2.22. The van der Waals surface area contributed by atoms with Crippen LogP contribution in [0.4, 0.5) is 0 Å². The van der Waals surface area contributed by atoms with E-state index in [1.54, 1.807) is 0 Å². The Hall–Kier alpha value is -1.69. The van der Waals surface area contributed by atoms with Gasteiger partial charge in [0.2, 0.25) is 0 Å². The van der Waals surface area contributed by atoms with E-state index < -0.39 is 0 Å². The molecule has 0 heterocycles. The molecule has 0 aromatic carbocycles. The van der Waals surface area contributed by atoms with Gasteiger partial charge in [0.1, 0.15) is 12.8 Å². The Kier molecular flexibility index (Phi) is 12.2. The standard InChI is InChI=1S/C21H30/c1-6-11-19(5)17-18-21(14-9-4)16-10-15-20(12-7-2)13-8-3/h6-10,18H,1-5,11-17H2. The van der Waals surface area contributed by atoms with Crippen molar-refractivity contribution < 1.29 is 0 Å². The van der Waals surface area contributed by atoms with Gasteiger partial charge in [0.15, 0.2) is 0 Å². The van der Waals surface area contributed by atoms with E-state index in [1.807, 2.05) is 24.3 Å². The minimum Gasteiger partial charge on any atom is -0.280 e. The molecular formula is C21H30. The highest BCUT2D eigenvalue weighted by atomic mass is 14.1. The highest BCUT2D eigenvalue weighted by molar-refractivity contribution is 5.16. The zero-order valence-corrected chi connectivity index (χ0v) is 13.4. The monoisotopic (exact) mass is 282 g/mol. The molecule has 0 aliphatic rings. The Labute approximate surface area is 132 Å². The fourth-order valence-corrected chi connectivity index (χ4v) is 2.13. The second-order valence-corrected chi connectivity index (χ2v) is 5.23. The van der Waals surface area contributed by atoms with Gasteiger partial charge in [-0.3, -0.25) is 6.42 Å². The summed E-state index contributed by atoms with van der Waals surface area (Å²) in [7, 11) is 0. The Bertz CT molecular complexity index is 357. The normalized spacial score (nSPS) is 10.8. The second kappa shape index (κ2) is 13.3. The van der Waals surface area contributed by atoms with E-state index in [9.17, 15) is 0 Å². The fourth-order valence-electron chi connectivity index (χ4n) is 2.13. The first-order valence-corrected chi connectivity index (χ1v) is 7.61. The molecule has 0 N–H and O–H groups in total. The van der Waals surface area contributed by atoms with Gasteiger partial charge >= 0.3 is 0 Å². The lowest BCUT2D eigenvalue weighted by molar-refractivity contribution is 0.792. The predicted molar refractivity (Wildman–Crippen MR) is 97.9 cm³/mol. The lowest BCUT2D eigenvalue weighted by Gasteiger charge is -2.14. The summed E-state index contributed by atoms with van der Waals surface area (Å²) in [6.07, 6.45) is 19.2. The maximum Gasteiger partial charge on any atom is 0.105 e. The fraction of sp³-hybridized carbons (Fsp3) is 0.333. The largest absolute Gasteiger partial charge is 0.280 e. The predicted octanol–water partition coefficient (Wildman–Crippen LogP) is 6.72. The SMILES string of the molecule is C=CCC(=C)CC=C(CC=C)C[CH-]C[C+](CC=C)CC=C. The van der Waals surface area contributed by atoms with Crippen LogP contribution in [0.1, 0.15) is 44.9 Å². The van der Waals surface area contributed by atoms with Crippen molar-refractivity contribution in [2.24, 2.45) is 0 Å². The molecule has 21 heavy (non-hydrogen) atoms. The molecular weight excluding hydrogens is 252 g/mol. The summed E-state index contributed by atoms with van der Waals surface area (Å²) in [5.41, 5.74) is 2.61. The zero-order valence-electron chi connectivity index (χ0n) is 13.4. The molecule has 0 radical (unpaired) electrons. The summed E-state index contributed by atoms with van der Waals surface area (Å²) in [5.74, 6) is 1.47. The first kappa shape index (κ1) is 19.3. The molecule has 0 heteroatoms. The number of rotatable bonds is 14. The maximum absolute atomic E-state index is 4.06. The molecule has 0 fully saturated rings. The van der Waals surface area contributed by atoms with Crippen molar-refractivity contribution in [3.8, 4) is 0 Å². The molecule has 0 aliphatic heterocycles. The highest BCUT2D eigenvalue weighted by Gasteiger charge is 2.10. The van der Waals surface area contributed by atoms with Crippen LogP contribution in [0.2, 0.25) is 0 Å². The molecule has 114 valence electrons. The lowest BCUT2D eigenvalue weighted by Crippen LogP contribution is -1.96. The zero-order chi connectivity index (χ0) is 15.9. The van der Waals surface area contributed by atoms with Gasteiger partial charge in [0.25, 0.3) is 0 Å². The van der Waals surface area contributed by atoms with Crippen molar-refractivity contribution in [3.05, 3.63) is 86.8 Å². The lowest BCUT2D eigenvalue weighted by atomic mass is 9.92. The second-order valence-electron chi connectivity index (χ2n) is 5.23. The molecule has 0 amide bonds. The van der Waals surface area contributed by atoms with E-state index >= 15 is 0 Å². The first-order chi connectivity index (χ1) is 10.2. The van der Waals surface area contributed by atoms with Crippen molar-refractivity contribution in [3.63, 3.8) is 0 Å². The molecule has 0 nitrogen and oxygen atoms in total. The molecule has 0 atom stereocenters. The van der Waals surface area contributed by atoms with Crippen LogP contribution in [0.15, 0.2) is 74.4 Å². The van der Waals surface area contributed by atoms with E-state index in [4.69, 9.17) is 0 Å². The third-order valence-corrected chi connectivity index (χ3v) is 3.22. The molecule has 0 spiro atoms. The van der Waals surface area contributed by atoms with Crippen molar-refractivity contribution in [1.82, 2.24) is 0 Å². The van der Waals surface area contributed by atoms with Crippen molar-refractivity contribution in [1.29, 1.82) is 0 Å². The van der Waals surface area contributed by atoms with E-state index in [-0.39, 0.29) is 0 Å². The van der Waals surface area contributed by atoms with Crippen LogP contribution < -0.4 is 0 Å². The summed E-state index contributed by atoms with van der Waals surface area (Å²) in [4.78, 5) is 0. The Morgan fingerprint density at radius 3 is 2.00 bits per heavy atom. The average Bonchev–Trinajstić information content (AvgIpc) is 2.45. The van der Waals surface area contributed by atoms with Crippen molar-refractivity contribution in [2.45, 2.75) is 44.9 Å². The van der Waals surface area contributed by atoms with Crippen molar-refractivity contribution in [2.75, 3.05) is 0 Å². The molecule has 0 aromatic heterocycles. The summed E-state index contributed by atoms with van der Waals surface area (Å²) in [5, 5.41) is 0. The minimum absolute atomic E-state index is 0.887. The molecule has 0 aromatic rings. The van der Waals surface area contributed by atoms with Gasteiger partial charge in [-0.1, -0.05) is 49.1 Å². The van der Waals surface area contributed by atoms with E-state index in [0.29, 0.717) is 0 Å². The Morgan fingerprint density at radius 2 is 1.48 bits per heavy atom. The third-order valence-electron chi connectivity index (χ3n) is 3.22. The van der Waals surface area contributed by atoms with Crippen LogP contribution >= 0.6 is 0 Å². The Morgan fingerprint density at radius 1 is 0.857 bits per heavy atom.